The van der Waals surface area contributed by atoms with Crippen LogP contribution in [0.1, 0.15) is 23.0 Å². The average molecular weight is 400 g/mol. The first-order chi connectivity index (χ1) is 13.0. The largest absolute Gasteiger partial charge is 0.279 e. The fourth-order valence-corrected chi connectivity index (χ4v) is 4.20. The van der Waals surface area contributed by atoms with Crippen molar-refractivity contribution in [2.45, 2.75) is 11.1 Å². The van der Waals surface area contributed by atoms with Crippen molar-refractivity contribution in [1.82, 2.24) is 10.4 Å². The molecule has 138 valence electrons. The quantitative estimate of drug-likeness (QED) is 0.490. The van der Waals surface area contributed by atoms with Crippen LogP contribution in [0.25, 0.3) is 0 Å². The van der Waals surface area contributed by atoms with Gasteiger partial charge in [0.25, 0.3) is 15.9 Å². The summed E-state index contributed by atoms with van der Waals surface area (Å²) in [5, 5.41) is 5.72. The number of nitrogens with zero attached hydrogens (tertiary/aromatic N) is 2. The second-order valence-electron chi connectivity index (χ2n) is 5.47. The van der Waals surface area contributed by atoms with Crippen molar-refractivity contribution in [3.63, 3.8) is 0 Å². The molecule has 0 unspecified atom stereocenters. The molecule has 0 aliphatic rings. The highest BCUT2D eigenvalue weighted by Gasteiger charge is 2.15. The van der Waals surface area contributed by atoms with E-state index in [1.807, 2.05) is 6.07 Å². The molecule has 1 aromatic carbocycles. The number of benzene rings is 1. The van der Waals surface area contributed by atoms with Gasteiger partial charge in [-0.05, 0) is 54.8 Å². The number of carbonyl (C=O) groups excluding carboxylic acids is 1. The summed E-state index contributed by atoms with van der Waals surface area (Å²) in [5.74, 6) is -0.405. The summed E-state index contributed by atoms with van der Waals surface area (Å²) < 4.78 is 27.1. The third-order valence-corrected chi connectivity index (χ3v) is 6.30. The zero-order valence-corrected chi connectivity index (χ0v) is 15.9. The lowest BCUT2D eigenvalue weighted by Crippen LogP contribution is -2.19. The van der Waals surface area contributed by atoms with Gasteiger partial charge in [0, 0.05) is 17.4 Å². The van der Waals surface area contributed by atoms with E-state index in [4.69, 9.17) is 0 Å². The molecule has 27 heavy (non-hydrogen) atoms. The Balaban J connectivity index is 1.66. The number of rotatable bonds is 6. The Kier molecular flexibility index (Phi) is 5.63. The molecule has 0 aliphatic heterocycles. The number of thiophene rings is 1. The van der Waals surface area contributed by atoms with Crippen LogP contribution in [-0.2, 0) is 10.0 Å². The molecule has 2 aromatic heterocycles. The van der Waals surface area contributed by atoms with Gasteiger partial charge < -0.3 is 0 Å². The van der Waals surface area contributed by atoms with E-state index < -0.39 is 15.9 Å². The molecule has 0 radical (unpaired) electrons. The first-order valence-electron chi connectivity index (χ1n) is 7.88. The van der Waals surface area contributed by atoms with Gasteiger partial charge in [-0.3, -0.25) is 14.5 Å². The highest BCUT2D eigenvalue weighted by Crippen LogP contribution is 2.20. The van der Waals surface area contributed by atoms with Crippen molar-refractivity contribution < 1.29 is 13.2 Å². The second-order valence-corrected chi connectivity index (χ2v) is 8.32. The highest BCUT2D eigenvalue weighted by molar-refractivity contribution is 7.94. The molecule has 0 aliphatic carbocycles. The van der Waals surface area contributed by atoms with Crippen LogP contribution in [0.15, 0.2) is 75.5 Å². The lowest BCUT2D eigenvalue weighted by Gasteiger charge is -2.07. The summed E-state index contributed by atoms with van der Waals surface area (Å²) in [5.41, 5.74) is 4.42. The molecule has 3 rings (SSSR count). The number of amides is 1. The Morgan fingerprint density at radius 2 is 1.85 bits per heavy atom. The third kappa shape index (κ3) is 4.78. The van der Waals surface area contributed by atoms with Gasteiger partial charge in [-0.2, -0.15) is 5.10 Å². The summed E-state index contributed by atoms with van der Waals surface area (Å²) in [6.45, 7) is 1.74. The van der Waals surface area contributed by atoms with Crippen LogP contribution in [0, 0.1) is 0 Å². The predicted molar refractivity (Wildman–Crippen MR) is 105 cm³/mol. The Morgan fingerprint density at radius 1 is 1.07 bits per heavy atom. The second kappa shape index (κ2) is 8.11. The van der Waals surface area contributed by atoms with Gasteiger partial charge in [-0.15, -0.1) is 11.3 Å². The molecule has 9 heteroatoms. The molecule has 0 saturated carbocycles. The van der Waals surface area contributed by atoms with Crippen LogP contribution in [-0.4, -0.2) is 25.0 Å². The van der Waals surface area contributed by atoms with Crippen LogP contribution in [0.5, 0.6) is 0 Å². The average Bonchev–Trinajstić information content (AvgIpc) is 3.23. The summed E-state index contributed by atoms with van der Waals surface area (Å²) in [6, 6.07) is 14.7. The van der Waals surface area contributed by atoms with E-state index in [-0.39, 0.29) is 4.21 Å². The Bertz CT molecular complexity index is 1050. The van der Waals surface area contributed by atoms with Crippen LogP contribution in [0.2, 0.25) is 0 Å². The molecule has 1 amide bonds. The van der Waals surface area contributed by atoms with E-state index in [1.165, 1.54) is 30.3 Å². The third-order valence-electron chi connectivity index (χ3n) is 3.52. The fourth-order valence-electron chi connectivity index (χ4n) is 2.14. The molecule has 0 atom stereocenters. The SMILES string of the molecule is C/C(=N/NC(=O)c1ccc(NS(=O)(=O)c2cccs2)cc1)c1ccccn1. The predicted octanol–water partition coefficient (Wildman–Crippen LogP) is 3.10. The van der Waals surface area contributed by atoms with Crippen LogP contribution in [0.4, 0.5) is 5.69 Å². The molecule has 2 heterocycles. The summed E-state index contributed by atoms with van der Waals surface area (Å²) in [4.78, 5) is 16.3. The van der Waals surface area contributed by atoms with Gasteiger partial charge >= 0.3 is 0 Å². The summed E-state index contributed by atoms with van der Waals surface area (Å²) in [7, 11) is -3.62. The lowest BCUT2D eigenvalue weighted by atomic mass is 10.2. The minimum absolute atomic E-state index is 0.226. The fraction of sp³-hybridized carbons (Fsp3) is 0.0556. The van der Waals surface area contributed by atoms with E-state index in [0.29, 0.717) is 22.7 Å². The summed E-state index contributed by atoms with van der Waals surface area (Å²) >= 11 is 1.13. The molecule has 0 spiro atoms. The van der Waals surface area contributed by atoms with Gasteiger partial charge in [0.05, 0.1) is 11.4 Å². The topological polar surface area (TPSA) is 101 Å². The maximum Gasteiger partial charge on any atom is 0.271 e. The normalized spacial score (nSPS) is 11.8. The molecular weight excluding hydrogens is 384 g/mol. The van der Waals surface area contributed by atoms with E-state index >= 15 is 0 Å². The number of pyridine rings is 1. The first-order valence-corrected chi connectivity index (χ1v) is 10.2. The van der Waals surface area contributed by atoms with Gasteiger partial charge in [0.1, 0.15) is 4.21 Å². The minimum Gasteiger partial charge on any atom is -0.279 e. The van der Waals surface area contributed by atoms with Crippen LogP contribution < -0.4 is 10.1 Å². The first kappa shape index (κ1) is 18.7. The maximum atomic E-state index is 12.2. The van der Waals surface area contributed by atoms with Crippen LogP contribution in [0.3, 0.4) is 0 Å². The lowest BCUT2D eigenvalue weighted by molar-refractivity contribution is 0.0955. The van der Waals surface area contributed by atoms with E-state index in [9.17, 15) is 13.2 Å². The standard InChI is InChI=1S/C18H16N4O3S2/c1-13(16-5-2-3-11-19-16)20-21-18(23)14-7-9-15(10-8-14)22-27(24,25)17-6-4-12-26-17/h2-12,22H,1H3,(H,21,23)/b20-13-. The van der Waals surface area contributed by atoms with Gasteiger partial charge in [-0.25, -0.2) is 13.8 Å². The Labute approximate surface area is 160 Å². The minimum atomic E-state index is -3.62. The molecule has 0 saturated heterocycles. The van der Waals surface area contributed by atoms with Gasteiger partial charge in [0.2, 0.25) is 0 Å². The monoisotopic (exact) mass is 400 g/mol. The van der Waals surface area contributed by atoms with E-state index in [2.05, 4.69) is 20.2 Å². The van der Waals surface area contributed by atoms with Crippen molar-refractivity contribution >= 4 is 38.7 Å². The summed E-state index contributed by atoms with van der Waals surface area (Å²) in [6.07, 6.45) is 1.64. The van der Waals surface area contributed by atoms with Crippen molar-refractivity contribution in [1.29, 1.82) is 0 Å². The zero-order chi connectivity index (χ0) is 19.3. The Hall–Kier alpha value is -3.04. The molecule has 2 N–H and O–H groups in total. The van der Waals surface area contributed by atoms with Crippen molar-refractivity contribution in [2.75, 3.05) is 4.72 Å². The molecule has 7 nitrogen and oxygen atoms in total. The number of nitrogens with one attached hydrogen (secondary N) is 2. The molecular formula is C18H16N4O3S2. The number of hydrogen-bond donors (Lipinski definition) is 2. The zero-order valence-electron chi connectivity index (χ0n) is 14.3. The van der Waals surface area contributed by atoms with Gasteiger partial charge in [-0.1, -0.05) is 12.1 Å². The van der Waals surface area contributed by atoms with Crippen molar-refractivity contribution in [3.8, 4) is 0 Å². The number of carbonyl (C=O) groups is 1. The number of hydrazone groups is 1. The molecule has 0 fully saturated rings. The maximum absolute atomic E-state index is 12.2. The van der Waals surface area contributed by atoms with Crippen molar-refractivity contribution in [3.05, 3.63) is 77.4 Å². The van der Waals surface area contributed by atoms with Crippen molar-refractivity contribution in [2.24, 2.45) is 5.10 Å². The number of aromatic nitrogens is 1. The Morgan fingerprint density at radius 3 is 2.48 bits per heavy atom. The van der Waals surface area contributed by atoms with E-state index in [1.54, 1.807) is 36.7 Å². The smallest absolute Gasteiger partial charge is 0.271 e. The molecule has 3 aromatic rings. The molecule has 0 bridgehead atoms. The van der Waals surface area contributed by atoms with E-state index in [0.717, 1.165) is 11.3 Å². The highest BCUT2D eigenvalue weighted by atomic mass is 32.2. The number of sulfonamides is 1. The van der Waals surface area contributed by atoms with Crippen LogP contribution >= 0.6 is 11.3 Å². The number of anilines is 1. The van der Waals surface area contributed by atoms with Gasteiger partial charge in [0.15, 0.2) is 0 Å². The number of hydrogen-bond acceptors (Lipinski definition) is 6.